The molecule has 0 amide bonds. The molecule has 0 aromatic heterocycles. The lowest BCUT2D eigenvalue weighted by Crippen LogP contribution is -2.06. The molecule has 1 aromatic carbocycles. The minimum Gasteiger partial charge on any atom is -0.0961 e. The molecule has 1 aliphatic heterocycles. The van der Waals surface area contributed by atoms with E-state index in [9.17, 15) is 0 Å². The Morgan fingerprint density at radius 3 is 1.88 bits per heavy atom. The second kappa shape index (κ2) is 11.9. The summed E-state index contributed by atoms with van der Waals surface area (Å²) in [7, 11) is 0. The minimum absolute atomic E-state index is 0.357. The lowest BCUT2D eigenvalue weighted by atomic mass is 9.90. The van der Waals surface area contributed by atoms with Crippen LogP contribution in [-0.2, 0) is 0 Å². The van der Waals surface area contributed by atoms with Crippen molar-refractivity contribution in [3.05, 3.63) is 42.1 Å². The first-order valence-corrected chi connectivity index (χ1v) is 9.90. The van der Waals surface area contributed by atoms with Crippen LogP contribution >= 0.6 is 0 Å². The Morgan fingerprint density at radius 2 is 1.29 bits per heavy atom. The molecule has 0 spiro atoms. The molecule has 130 valence electrons. The fraction of sp³-hybridized carbons (Fsp3) is 0.591. The molecule has 0 saturated carbocycles. The Kier molecular flexibility index (Phi) is 9.29. The normalized spacial score (nSPS) is 14.5. The van der Waals surface area contributed by atoms with Crippen molar-refractivity contribution >= 4 is 12.4 Å². The summed E-state index contributed by atoms with van der Waals surface area (Å²) in [5, 5.41) is 0. The van der Waals surface area contributed by atoms with Gasteiger partial charge in [-0.15, -0.1) is 0 Å². The highest BCUT2D eigenvalue weighted by molar-refractivity contribution is 6.18. The summed E-state index contributed by atoms with van der Waals surface area (Å²) in [6, 6.07) is 10.7. The maximum Gasteiger partial charge on any atom is 0.248 e. The summed E-state index contributed by atoms with van der Waals surface area (Å²) in [6.07, 6.45) is 19.6. The van der Waals surface area contributed by atoms with Gasteiger partial charge in [-0.25, -0.2) is 0 Å². The molecule has 0 radical (unpaired) electrons. The molecule has 1 aromatic rings. The predicted molar refractivity (Wildman–Crippen MR) is 106 cm³/mol. The molecule has 1 atom stereocenters. The average molecular weight is 326 g/mol. The van der Waals surface area contributed by atoms with E-state index in [1.54, 1.807) is 0 Å². The molecular weight excluding hydrogens is 292 g/mol. The Labute approximate surface area is 148 Å². The van der Waals surface area contributed by atoms with E-state index >= 15 is 0 Å². The van der Waals surface area contributed by atoms with Gasteiger partial charge < -0.3 is 0 Å². The Morgan fingerprint density at radius 1 is 0.750 bits per heavy atom. The van der Waals surface area contributed by atoms with Crippen molar-refractivity contribution in [2.24, 2.45) is 9.98 Å². The summed E-state index contributed by atoms with van der Waals surface area (Å²) in [5.74, 6) is 0.357. The number of nitrogens with zero attached hydrogens (tertiary/aromatic N) is 2. The van der Waals surface area contributed by atoms with Crippen LogP contribution in [0.4, 0.5) is 0 Å². The van der Waals surface area contributed by atoms with E-state index < -0.39 is 0 Å². The molecule has 0 saturated heterocycles. The zero-order valence-electron chi connectivity index (χ0n) is 15.3. The van der Waals surface area contributed by atoms with Gasteiger partial charge in [0.25, 0.3) is 0 Å². The van der Waals surface area contributed by atoms with Gasteiger partial charge in [-0.3, -0.25) is 0 Å². The second-order valence-electron chi connectivity index (χ2n) is 6.85. The molecule has 0 bridgehead atoms. The smallest absolute Gasteiger partial charge is 0.0961 e. The first-order chi connectivity index (χ1) is 11.9. The first-order valence-electron chi connectivity index (χ1n) is 9.90. The Hall–Kier alpha value is -1.57. The van der Waals surface area contributed by atoms with Crippen molar-refractivity contribution in [2.45, 2.75) is 83.5 Å². The molecule has 1 unspecified atom stereocenters. The average Bonchev–Trinajstić information content (AvgIpc) is 3.15. The van der Waals surface area contributed by atoms with Crippen LogP contribution in [0.1, 0.15) is 89.0 Å². The molecule has 2 heteroatoms. The van der Waals surface area contributed by atoms with Crippen molar-refractivity contribution in [3.63, 3.8) is 0 Å². The minimum atomic E-state index is 0.357. The molecule has 0 aliphatic carbocycles. The third-order valence-electron chi connectivity index (χ3n) is 4.84. The quantitative estimate of drug-likeness (QED) is 0.284. The maximum atomic E-state index is 4.45. The van der Waals surface area contributed by atoms with Crippen molar-refractivity contribution in [3.8, 4) is 0 Å². The molecule has 24 heavy (non-hydrogen) atoms. The Balaban J connectivity index is 1.61. The summed E-state index contributed by atoms with van der Waals surface area (Å²) in [6.45, 7) is 2.28. The van der Waals surface area contributed by atoms with Crippen LogP contribution in [0.25, 0.3) is 0 Å². The monoisotopic (exact) mass is 325 g/mol. The summed E-state index contributed by atoms with van der Waals surface area (Å²) in [4.78, 5) is 8.89. The van der Waals surface area contributed by atoms with Gasteiger partial charge in [-0.05, 0) is 12.0 Å². The van der Waals surface area contributed by atoms with Crippen molar-refractivity contribution in [1.82, 2.24) is 0 Å². The summed E-state index contributed by atoms with van der Waals surface area (Å²) < 4.78 is 0. The summed E-state index contributed by atoms with van der Waals surface area (Å²) in [5.41, 5.74) is 1.35. The van der Waals surface area contributed by atoms with E-state index in [-0.39, 0.29) is 0 Å². The SMILES string of the molecule is CCCCCCCCCCCCC(c1ccccc1)[C+]1N=CC=N1. The van der Waals surface area contributed by atoms with Crippen LogP contribution in [0.2, 0.25) is 0 Å². The highest BCUT2D eigenvalue weighted by Gasteiger charge is 2.29. The van der Waals surface area contributed by atoms with Crippen molar-refractivity contribution < 1.29 is 0 Å². The number of benzene rings is 1. The fourth-order valence-corrected chi connectivity index (χ4v) is 3.40. The van der Waals surface area contributed by atoms with Gasteiger partial charge in [0.15, 0.2) is 12.4 Å². The van der Waals surface area contributed by atoms with Crippen molar-refractivity contribution in [1.29, 1.82) is 0 Å². The largest absolute Gasteiger partial charge is 0.248 e. The lowest BCUT2D eigenvalue weighted by Gasteiger charge is -2.14. The van der Waals surface area contributed by atoms with Crippen molar-refractivity contribution in [2.75, 3.05) is 0 Å². The van der Waals surface area contributed by atoms with Gasteiger partial charge in [0.1, 0.15) is 0 Å². The van der Waals surface area contributed by atoms with E-state index in [0.717, 1.165) is 12.6 Å². The third kappa shape index (κ3) is 6.90. The van der Waals surface area contributed by atoms with Gasteiger partial charge in [0.2, 0.25) is 6.17 Å². The molecular formula is C22H33N2+. The fourth-order valence-electron chi connectivity index (χ4n) is 3.40. The first kappa shape index (κ1) is 18.8. The van der Waals surface area contributed by atoms with Crippen LogP contribution in [-0.4, -0.2) is 12.4 Å². The van der Waals surface area contributed by atoms with E-state index in [1.807, 2.05) is 12.4 Å². The zero-order chi connectivity index (χ0) is 16.9. The highest BCUT2D eigenvalue weighted by Crippen LogP contribution is 2.34. The maximum absolute atomic E-state index is 4.45. The van der Waals surface area contributed by atoms with Crippen LogP contribution in [0.5, 0.6) is 0 Å². The topological polar surface area (TPSA) is 24.7 Å². The Bertz CT molecular complexity index is 466. The van der Waals surface area contributed by atoms with E-state index in [2.05, 4.69) is 47.2 Å². The molecule has 2 nitrogen and oxygen atoms in total. The molecule has 1 aliphatic rings. The molecule has 0 fully saturated rings. The summed E-state index contributed by atoms with van der Waals surface area (Å²) >= 11 is 0. The molecule has 2 rings (SSSR count). The van der Waals surface area contributed by atoms with Gasteiger partial charge in [0.05, 0.1) is 5.92 Å². The van der Waals surface area contributed by atoms with E-state index in [1.165, 1.54) is 69.8 Å². The van der Waals surface area contributed by atoms with Crippen LogP contribution in [0.3, 0.4) is 0 Å². The van der Waals surface area contributed by atoms with Gasteiger partial charge in [-0.1, -0.05) is 111 Å². The van der Waals surface area contributed by atoms with Crippen LogP contribution < -0.4 is 0 Å². The lowest BCUT2D eigenvalue weighted by molar-refractivity contribution is 0.525. The number of hydrogen-bond acceptors (Lipinski definition) is 2. The molecule has 1 heterocycles. The van der Waals surface area contributed by atoms with Gasteiger partial charge >= 0.3 is 0 Å². The number of unbranched alkanes of at least 4 members (excludes halogenated alkanes) is 9. The predicted octanol–water partition coefficient (Wildman–Crippen LogP) is 6.73. The number of rotatable bonds is 13. The van der Waals surface area contributed by atoms with Gasteiger partial charge in [0, 0.05) is 0 Å². The third-order valence-corrected chi connectivity index (χ3v) is 4.84. The standard InChI is InChI=1S/C22H33N2/c1-2-3-4-5-6-7-8-9-10-14-17-21(22-23-18-19-24-22)20-15-12-11-13-16-20/h11-13,15-16,18-19,21H,2-10,14,17H2,1H3/q+1. The van der Waals surface area contributed by atoms with Gasteiger partial charge in [-0.2, -0.15) is 0 Å². The van der Waals surface area contributed by atoms with Crippen LogP contribution in [0.15, 0.2) is 40.3 Å². The zero-order valence-corrected chi connectivity index (χ0v) is 15.3. The van der Waals surface area contributed by atoms with E-state index in [0.29, 0.717) is 5.92 Å². The van der Waals surface area contributed by atoms with E-state index in [4.69, 9.17) is 0 Å². The number of aliphatic imine (C=N–C) groups is 2. The van der Waals surface area contributed by atoms with Crippen LogP contribution in [0, 0.1) is 6.17 Å². The second-order valence-corrected chi connectivity index (χ2v) is 6.85. The molecule has 0 N–H and O–H groups in total. The highest BCUT2D eigenvalue weighted by atomic mass is 15.0. The number of hydrogen-bond donors (Lipinski definition) is 0.